The van der Waals surface area contributed by atoms with E-state index in [4.69, 9.17) is 0 Å². The van der Waals surface area contributed by atoms with Crippen molar-refractivity contribution >= 4 is 0 Å². The Balaban J connectivity index is 1.65. The van der Waals surface area contributed by atoms with E-state index in [-0.39, 0.29) is 5.54 Å². The maximum atomic E-state index is 3.66. The van der Waals surface area contributed by atoms with Gasteiger partial charge in [-0.3, -0.25) is 0 Å². The van der Waals surface area contributed by atoms with Gasteiger partial charge in [0.2, 0.25) is 0 Å². The average Bonchev–Trinajstić information content (AvgIpc) is 2.85. The molecule has 0 amide bonds. The van der Waals surface area contributed by atoms with Gasteiger partial charge in [-0.1, -0.05) is 13.3 Å². The minimum absolute atomic E-state index is 0.272. The Bertz CT molecular complexity index is 256. The van der Waals surface area contributed by atoms with E-state index in [9.17, 15) is 0 Å². The summed E-state index contributed by atoms with van der Waals surface area (Å²) in [6, 6.07) is 0. The highest BCUT2D eigenvalue weighted by Crippen LogP contribution is 2.32. The van der Waals surface area contributed by atoms with Gasteiger partial charge >= 0.3 is 0 Å². The molecule has 0 aromatic heterocycles. The predicted molar refractivity (Wildman–Crippen MR) is 78.8 cm³/mol. The normalized spacial score (nSPS) is 34.3. The summed E-state index contributed by atoms with van der Waals surface area (Å²) in [4.78, 5) is 2.72. The van der Waals surface area contributed by atoms with Crippen molar-refractivity contribution in [1.29, 1.82) is 0 Å². The molecular weight excluding hydrogens is 220 g/mol. The first-order valence-electron chi connectivity index (χ1n) is 7.90. The van der Waals surface area contributed by atoms with Crippen LogP contribution in [0.25, 0.3) is 0 Å². The van der Waals surface area contributed by atoms with Crippen molar-refractivity contribution in [3.8, 4) is 0 Å². The Hall–Kier alpha value is -0.0800. The van der Waals surface area contributed by atoms with Gasteiger partial charge in [0.25, 0.3) is 0 Å². The maximum Gasteiger partial charge on any atom is 0.00966 e. The second-order valence-corrected chi connectivity index (χ2v) is 7.83. The maximum absolute atomic E-state index is 3.66. The van der Waals surface area contributed by atoms with Crippen LogP contribution in [0.4, 0.5) is 0 Å². The minimum Gasteiger partial charge on any atom is -0.312 e. The smallest absolute Gasteiger partial charge is 0.00966 e. The number of nitrogens with one attached hydrogen (secondary N) is 1. The zero-order valence-electron chi connectivity index (χ0n) is 12.8. The molecule has 1 aliphatic carbocycles. The molecule has 18 heavy (non-hydrogen) atoms. The van der Waals surface area contributed by atoms with Gasteiger partial charge in [0.1, 0.15) is 0 Å². The standard InChI is InChI=1S/C16H32N2/c1-13-5-6-14(9-13)11-18-8-7-15(12-18)10-17-16(2,3)4/h13-15,17H,5-12H2,1-4H3. The number of nitrogens with zero attached hydrogens (tertiary/aromatic N) is 1. The molecule has 1 saturated heterocycles. The molecule has 0 aromatic carbocycles. The van der Waals surface area contributed by atoms with Crippen LogP contribution in [-0.2, 0) is 0 Å². The van der Waals surface area contributed by atoms with Crippen LogP contribution in [-0.4, -0.2) is 36.6 Å². The van der Waals surface area contributed by atoms with E-state index >= 15 is 0 Å². The van der Waals surface area contributed by atoms with Crippen molar-refractivity contribution in [2.45, 2.75) is 58.9 Å². The van der Waals surface area contributed by atoms with Gasteiger partial charge in [0, 0.05) is 18.6 Å². The molecule has 1 saturated carbocycles. The van der Waals surface area contributed by atoms with Gasteiger partial charge in [-0.2, -0.15) is 0 Å². The van der Waals surface area contributed by atoms with Crippen molar-refractivity contribution in [3.63, 3.8) is 0 Å². The highest BCUT2D eigenvalue weighted by molar-refractivity contribution is 4.83. The van der Waals surface area contributed by atoms with Gasteiger partial charge in [-0.05, 0) is 70.9 Å². The van der Waals surface area contributed by atoms with Crippen LogP contribution in [0.15, 0.2) is 0 Å². The molecule has 1 N–H and O–H groups in total. The largest absolute Gasteiger partial charge is 0.312 e. The lowest BCUT2D eigenvalue weighted by Gasteiger charge is -2.24. The van der Waals surface area contributed by atoms with E-state index in [0.717, 1.165) is 17.8 Å². The minimum atomic E-state index is 0.272. The molecule has 3 atom stereocenters. The van der Waals surface area contributed by atoms with Crippen LogP contribution in [0.2, 0.25) is 0 Å². The topological polar surface area (TPSA) is 15.3 Å². The zero-order valence-corrected chi connectivity index (χ0v) is 12.8. The fraction of sp³-hybridized carbons (Fsp3) is 1.00. The second kappa shape index (κ2) is 5.92. The third-order valence-electron chi connectivity index (χ3n) is 4.61. The molecule has 1 aliphatic heterocycles. The van der Waals surface area contributed by atoms with E-state index in [1.165, 1.54) is 51.9 Å². The summed E-state index contributed by atoms with van der Waals surface area (Å²) in [5, 5.41) is 3.66. The Morgan fingerprint density at radius 3 is 2.50 bits per heavy atom. The van der Waals surface area contributed by atoms with Crippen molar-refractivity contribution in [1.82, 2.24) is 10.2 Å². The predicted octanol–water partition coefficient (Wildman–Crippen LogP) is 3.13. The Kier molecular flexibility index (Phi) is 4.71. The molecule has 0 radical (unpaired) electrons. The van der Waals surface area contributed by atoms with Crippen molar-refractivity contribution < 1.29 is 0 Å². The van der Waals surface area contributed by atoms with Crippen molar-refractivity contribution in [2.75, 3.05) is 26.2 Å². The van der Waals surface area contributed by atoms with Crippen molar-refractivity contribution in [3.05, 3.63) is 0 Å². The summed E-state index contributed by atoms with van der Waals surface area (Å²) in [5.74, 6) is 2.85. The molecule has 1 heterocycles. The van der Waals surface area contributed by atoms with Gasteiger partial charge in [-0.25, -0.2) is 0 Å². The van der Waals surface area contributed by atoms with Crippen LogP contribution >= 0.6 is 0 Å². The summed E-state index contributed by atoms with van der Waals surface area (Å²) in [6.07, 6.45) is 5.81. The van der Waals surface area contributed by atoms with E-state index in [1.54, 1.807) is 0 Å². The Morgan fingerprint density at radius 1 is 1.11 bits per heavy atom. The quantitative estimate of drug-likeness (QED) is 0.827. The van der Waals surface area contributed by atoms with Crippen LogP contribution in [0.3, 0.4) is 0 Å². The molecule has 2 aliphatic rings. The summed E-state index contributed by atoms with van der Waals surface area (Å²) in [6.45, 7) is 14.4. The van der Waals surface area contributed by atoms with Gasteiger partial charge in [-0.15, -0.1) is 0 Å². The van der Waals surface area contributed by atoms with Crippen LogP contribution < -0.4 is 5.32 Å². The summed E-state index contributed by atoms with van der Waals surface area (Å²) < 4.78 is 0. The molecule has 2 nitrogen and oxygen atoms in total. The lowest BCUT2D eigenvalue weighted by Crippen LogP contribution is -2.39. The highest BCUT2D eigenvalue weighted by atomic mass is 15.2. The first-order valence-corrected chi connectivity index (χ1v) is 7.90. The number of rotatable bonds is 4. The molecule has 106 valence electrons. The first-order chi connectivity index (χ1) is 8.42. The summed E-state index contributed by atoms with van der Waals surface area (Å²) >= 11 is 0. The van der Waals surface area contributed by atoms with E-state index < -0.39 is 0 Å². The zero-order chi connectivity index (χ0) is 13.2. The molecule has 0 bridgehead atoms. The molecular formula is C16H32N2. The van der Waals surface area contributed by atoms with Crippen LogP contribution in [0.1, 0.15) is 53.4 Å². The lowest BCUT2D eigenvalue weighted by atomic mass is 10.0. The first kappa shape index (κ1) is 14.3. The fourth-order valence-electron chi connectivity index (χ4n) is 3.55. The number of likely N-dealkylation sites (tertiary alicyclic amines) is 1. The monoisotopic (exact) mass is 252 g/mol. The molecule has 2 heteroatoms. The van der Waals surface area contributed by atoms with Crippen molar-refractivity contribution in [2.24, 2.45) is 17.8 Å². The van der Waals surface area contributed by atoms with E-state index in [2.05, 4.69) is 37.9 Å². The number of hydrogen-bond acceptors (Lipinski definition) is 2. The third-order valence-corrected chi connectivity index (χ3v) is 4.61. The van der Waals surface area contributed by atoms with E-state index in [1.807, 2.05) is 0 Å². The summed E-state index contributed by atoms with van der Waals surface area (Å²) in [7, 11) is 0. The van der Waals surface area contributed by atoms with Gasteiger partial charge in [0.15, 0.2) is 0 Å². The lowest BCUT2D eigenvalue weighted by molar-refractivity contribution is 0.263. The van der Waals surface area contributed by atoms with Gasteiger partial charge < -0.3 is 10.2 Å². The Morgan fingerprint density at radius 2 is 1.89 bits per heavy atom. The molecule has 0 aromatic rings. The van der Waals surface area contributed by atoms with Gasteiger partial charge in [0.05, 0.1) is 0 Å². The fourth-order valence-corrected chi connectivity index (χ4v) is 3.55. The SMILES string of the molecule is CC1CCC(CN2CCC(CNC(C)(C)C)C2)C1. The molecule has 2 fully saturated rings. The summed E-state index contributed by atoms with van der Waals surface area (Å²) in [5.41, 5.74) is 0.272. The number of hydrogen-bond donors (Lipinski definition) is 1. The molecule has 3 unspecified atom stereocenters. The average molecular weight is 252 g/mol. The second-order valence-electron chi connectivity index (χ2n) is 7.83. The third kappa shape index (κ3) is 4.55. The van der Waals surface area contributed by atoms with E-state index in [0.29, 0.717) is 0 Å². The van der Waals surface area contributed by atoms with Crippen LogP contribution in [0, 0.1) is 17.8 Å². The molecule has 2 rings (SSSR count). The Labute approximate surface area is 114 Å². The van der Waals surface area contributed by atoms with Crippen LogP contribution in [0.5, 0.6) is 0 Å². The highest BCUT2D eigenvalue weighted by Gasteiger charge is 2.28. The molecule has 0 spiro atoms.